The number of rotatable bonds is 11. The van der Waals surface area contributed by atoms with E-state index in [4.69, 9.17) is 25.4 Å². The van der Waals surface area contributed by atoms with Gasteiger partial charge in [-0.15, -0.1) is 12.4 Å². The van der Waals surface area contributed by atoms with Crippen molar-refractivity contribution in [1.29, 1.82) is 0 Å². The first kappa shape index (κ1) is 46.9. The predicted molar refractivity (Wildman–Crippen MR) is 156 cm³/mol. The lowest BCUT2D eigenvalue weighted by molar-refractivity contribution is -0.155. The van der Waals surface area contributed by atoms with Crippen molar-refractivity contribution >= 4 is 36.2 Å². The molecule has 0 fully saturated rings. The number of hydrogen-bond donors (Lipinski definition) is 5. The van der Waals surface area contributed by atoms with Gasteiger partial charge in [-0.25, -0.2) is 4.79 Å². The molecular formula is C27H57ClN2O9. The number of halogens is 1. The second-order valence-corrected chi connectivity index (χ2v) is 10.9. The molecule has 6 N–H and O–H groups in total. The van der Waals surface area contributed by atoms with E-state index < -0.39 is 41.3 Å². The van der Waals surface area contributed by atoms with E-state index >= 15 is 0 Å². The Morgan fingerprint density at radius 2 is 1.15 bits per heavy atom. The fourth-order valence-electron chi connectivity index (χ4n) is 2.75. The standard InChI is InChI=1S/C13H25NO4.C7H14O3.C6H13NO2.CH4.ClH/c1-6-7-9(2)11(16)12(17)14-8-10(15)18-13(3,4)5;1-3-4-5(2)6(8)7(9)10;1-6(2,3)9-5(8)4-7;;/h9,11,16H,6-8H2,1-5H3,(H,14,17);5-6,8H,3-4H2,1-2H3,(H,9,10);4,7H2,1-3H3;1H4;1H. The van der Waals surface area contributed by atoms with E-state index in [-0.39, 0.29) is 50.7 Å². The summed E-state index contributed by atoms with van der Waals surface area (Å²) in [7, 11) is 0. The van der Waals surface area contributed by atoms with Gasteiger partial charge in [-0.05, 0) is 66.2 Å². The van der Waals surface area contributed by atoms with Crippen LogP contribution in [-0.2, 0) is 28.7 Å². The second kappa shape index (κ2) is 23.9. The van der Waals surface area contributed by atoms with Gasteiger partial charge in [-0.3, -0.25) is 14.4 Å². The second-order valence-electron chi connectivity index (χ2n) is 10.9. The van der Waals surface area contributed by atoms with Crippen LogP contribution in [0.3, 0.4) is 0 Å². The minimum Gasteiger partial charge on any atom is -0.479 e. The van der Waals surface area contributed by atoms with E-state index in [9.17, 15) is 24.3 Å². The number of aliphatic hydroxyl groups excluding tert-OH is 2. The van der Waals surface area contributed by atoms with Crippen LogP contribution in [0.2, 0.25) is 0 Å². The molecule has 0 radical (unpaired) electrons. The Kier molecular flexibility index (Phi) is 28.7. The van der Waals surface area contributed by atoms with E-state index in [1.54, 1.807) is 55.4 Å². The van der Waals surface area contributed by atoms with Crippen LogP contribution in [0.15, 0.2) is 0 Å². The minimum absolute atomic E-state index is 0. The van der Waals surface area contributed by atoms with Crippen molar-refractivity contribution in [3.63, 3.8) is 0 Å². The molecule has 0 bridgehead atoms. The molecule has 4 atom stereocenters. The number of amides is 1. The van der Waals surface area contributed by atoms with Crippen LogP contribution in [0.5, 0.6) is 0 Å². The first-order valence-corrected chi connectivity index (χ1v) is 12.7. The van der Waals surface area contributed by atoms with Gasteiger partial charge < -0.3 is 35.8 Å². The molecule has 0 aromatic rings. The number of aliphatic hydroxyl groups is 2. The van der Waals surface area contributed by atoms with Gasteiger partial charge >= 0.3 is 17.9 Å². The quantitative estimate of drug-likeness (QED) is 0.224. The zero-order valence-corrected chi connectivity index (χ0v) is 25.6. The number of nitrogens with one attached hydrogen (secondary N) is 1. The maximum absolute atomic E-state index is 11.6. The van der Waals surface area contributed by atoms with Crippen molar-refractivity contribution in [2.45, 2.75) is 126 Å². The Morgan fingerprint density at radius 1 is 0.795 bits per heavy atom. The summed E-state index contributed by atoms with van der Waals surface area (Å²) in [6, 6.07) is 0. The van der Waals surface area contributed by atoms with Crippen molar-refractivity contribution < 1.29 is 44.0 Å². The summed E-state index contributed by atoms with van der Waals surface area (Å²) in [5.41, 5.74) is 4.02. The summed E-state index contributed by atoms with van der Waals surface area (Å²) < 4.78 is 9.86. The molecule has 0 aliphatic rings. The van der Waals surface area contributed by atoms with E-state index in [2.05, 4.69) is 5.32 Å². The van der Waals surface area contributed by atoms with Crippen LogP contribution >= 0.6 is 12.4 Å². The maximum Gasteiger partial charge on any atom is 0.332 e. The molecule has 11 nitrogen and oxygen atoms in total. The largest absolute Gasteiger partial charge is 0.479 e. The molecule has 1 amide bonds. The highest BCUT2D eigenvalue weighted by atomic mass is 35.5. The number of ether oxygens (including phenoxy) is 2. The fourth-order valence-corrected chi connectivity index (χ4v) is 2.75. The van der Waals surface area contributed by atoms with Crippen molar-refractivity contribution in [1.82, 2.24) is 5.32 Å². The summed E-state index contributed by atoms with van der Waals surface area (Å²) in [5, 5.41) is 29.3. The average Bonchev–Trinajstić information content (AvgIpc) is 2.75. The number of carbonyl (C=O) groups is 4. The van der Waals surface area contributed by atoms with Gasteiger partial charge in [0.25, 0.3) is 0 Å². The third kappa shape index (κ3) is 30.4. The molecule has 0 saturated heterocycles. The molecule has 236 valence electrons. The van der Waals surface area contributed by atoms with E-state index in [1.165, 1.54) is 0 Å². The lowest BCUT2D eigenvalue weighted by Gasteiger charge is -2.21. The summed E-state index contributed by atoms with van der Waals surface area (Å²) >= 11 is 0. The van der Waals surface area contributed by atoms with Crippen LogP contribution in [0.25, 0.3) is 0 Å². The van der Waals surface area contributed by atoms with Crippen molar-refractivity contribution in [3.8, 4) is 0 Å². The topological polar surface area (TPSA) is 185 Å². The van der Waals surface area contributed by atoms with Gasteiger partial charge in [0.2, 0.25) is 5.91 Å². The summed E-state index contributed by atoms with van der Waals surface area (Å²) in [6.07, 6.45) is 1.06. The van der Waals surface area contributed by atoms with Crippen molar-refractivity contribution in [3.05, 3.63) is 0 Å². The third-order valence-corrected chi connectivity index (χ3v) is 4.50. The zero-order valence-electron chi connectivity index (χ0n) is 24.8. The Labute approximate surface area is 242 Å². The molecule has 4 unspecified atom stereocenters. The first-order chi connectivity index (χ1) is 16.7. The molecule has 0 spiro atoms. The number of nitrogens with two attached hydrogens (primary N) is 1. The molecule has 0 aromatic heterocycles. The van der Waals surface area contributed by atoms with Gasteiger partial charge in [0, 0.05) is 0 Å². The average molecular weight is 589 g/mol. The zero-order chi connectivity index (χ0) is 30.0. The Hall–Kier alpha value is -1.95. The van der Waals surface area contributed by atoms with Gasteiger partial charge in [0.1, 0.15) is 23.9 Å². The summed E-state index contributed by atoms with van der Waals surface area (Å²) in [4.78, 5) is 43.6. The monoisotopic (exact) mass is 588 g/mol. The molecule has 0 heterocycles. The number of carboxylic acid groups (broad SMARTS) is 1. The lowest BCUT2D eigenvalue weighted by atomic mass is 9.99. The normalized spacial score (nSPS) is 13.6. The minimum atomic E-state index is -1.19. The predicted octanol–water partition coefficient (Wildman–Crippen LogP) is 3.45. The number of hydrogen-bond acceptors (Lipinski definition) is 9. The molecule has 39 heavy (non-hydrogen) atoms. The summed E-state index contributed by atoms with van der Waals surface area (Å²) in [6.45, 7) is 17.9. The highest BCUT2D eigenvalue weighted by Crippen LogP contribution is 2.11. The molecule has 0 saturated carbocycles. The number of carboxylic acids is 1. The highest BCUT2D eigenvalue weighted by Gasteiger charge is 2.23. The fraction of sp³-hybridized carbons (Fsp3) is 0.852. The number of esters is 2. The summed E-state index contributed by atoms with van der Waals surface area (Å²) in [5.74, 6) is -2.77. The van der Waals surface area contributed by atoms with Crippen molar-refractivity contribution in [2.24, 2.45) is 17.6 Å². The smallest absolute Gasteiger partial charge is 0.332 e. The molecule has 0 aromatic carbocycles. The van der Waals surface area contributed by atoms with Crippen LogP contribution in [0.4, 0.5) is 0 Å². The molecule has 0 aliphatic heterocycles. The van der Waals surface area contributed by atoms with Crippen LogP contribution < -0.4 is 11.1 Å². The molecule has 12 heteroatoms. The van der Waals surface area contributed by atoms with Crippen LogP contribution in [0.1, 0.15) is 102 Å². The third-order valence-electron chi connectivity index (χ3n) is 4.50. The van der Waals surface area contributed by atoms with E-state index in [0.29, 0.717) is 0 Å². The van der Waals surface area contributed by atoms with Crippen LogP contribution in [-0.4, -0.2) is 75.6 Å². The number of carbonyl (C=O) groups excluding carboxylic acids is 3. The Balaban J connectivity index is -0.000000157. The molecule has 0 rings (SSSR count). The van der Waals surface area contributed by atoms with E-state index in [0.717, 1.165) is 25.7 Å². The lowest BCUT2D eigenvalue weighted by Crippen LogP contribution is -2.42. The first-order valence-electron chi connectivity index (χ1n) is 12.7. The van der Waals surface area contributed by atoms with Gasteiger partial charge in [0.05, 0.1) is 6.54 Å². The van der Waals surface area contributed by atoms with Gasteiger partial charge in [-0.1, -0.05) is 48.0 Å². The SMILES string of the molecule is C.CC(C)(C)OC(=O)CN.CCCC(C)C(O)C(=O)NCC(=O)OC(C)(C)C.CCCC(C)C(O)C(=O)O.Cl. The molecule has 0 aliphatic carbocycles. The van der Waals surface area contributed by atoms with E-state index in [1.807, 2.05) is 13.8 Å². The Morgan fingerprint density at radius 3 is 1.44 bits per heavy atom. The van der Waals surface area contributed by atoms with Gasteiger partial charge in [-0.2, -0.15) is 0 Å². The van der Waals surface area contributed by atoms with Crippen molar-refractivity contribution in [2.75, 3.05) is 13.1 Å². The highest BCUT2D eigenvalue weighted by molar-refractivity contribution is 5.85. The number of aliphatic carboxylic acids is 1. The van der Waals surface area contributed by atoms with Gasteiger partial charge in [0.15, 0.2) is 6.10 Å². The van der Waals surface area contributed by atoms with Crippen LogP contribution in [0, 0.1) is 11.8 Å². The maximum atomic E-state index is 11.6. The Bertz CT molecular complexity index is 677. The molecular weight excluding hydrogens is 532 g/mol.